The van der Waals surface area contributed by atoms with Gasteiger partial charge in [0.05, 0.1) is 23.9 Å². The molecule has 5 rings (SSSR count). The number of ether oxygens (including phenoxy) is 1. The first-order valence-electron chi connectivity index (χ1n) is 9.56. The summed E-state index contributed by atoms with van der Waals surface area (Å²) < 4.78 is 11.4. The summed E-state index contributed by atoms with van der Waals surface area (Å²) in [4.78, 5) is 17.7. The van der Waals surface area contributed by atoms with Gasteiger partial charge in [-0.15, -0.1) is 0 Å². The van der Waals surface area contributed by atoms with Crippen LogP contribution in [0.25, 0.3) is 33.3 Å². The smallest absolute Gasteiger partial charge is 0.259 e. The van der Waals surface area contributed by atoms with Crippen molar-refractivity contribution >= 4 is 33.5 Å². The predicted octanol–water partition coefficient (Wildman–Crippen LogP) is 5.91. The molecule has 1 N–H and O–H groups in total. The van der Waals surface area contributed by atoms with Crippen LogP contribution in [0.1, 0.15) is 10.4 Å². The second-order valence-corrected chi connectivity index (χ2v) is 6.89. The predicted molar refractivity (Wildman–Crippen MR) is 118 cm³/mol. The fourth-order valence-corrected chi connectivity index (χ4v) is 3.52. The zero-order chi connectivity index (χ0) is 20.5. The lowest BCUT2D eigenvalue weighted by Crippen LogP contribution is -2.14. The number of hydrogen-bond acceptors (Lipinski definition) is 4. The number of nitrogens with one attached hydrogen (secondary N) is 1. The van der Waals surface area contributed by atoms with Gasteiger partial charge in [-0.3, -0.25) is 4.79 Å². The summed E-state index contributed by atoms with van der Waals surface area (Å²) in [6.07, 6.45) is 0. The zero-order valence-corrected chi connectivity index (χ0v) is 16.3. The van der Waals surface area contributed by atoms with Gasteiger partial charge in [-0.2, -0.15) is 0 Å². The Morgan fingerprint density at radius 2 is 1.60 bits per heavy atom. The molecule has 0 saturated heterocycles. The van der Waals surface area contributed by atoms with E-state index < -0.39 is 0 Å². The van der Waals surface area contributed by atoms with Crippen LogP contribution < -0.4 is 10.1 Å². The van der Waals surface area contributed by atoms with Gasteiger partial charge in [-0.05, 0) is 47.2 Å². The summed E-state index contributed by atoms with van der Waals surface area (Å²) in [5, 5.41) is 4.97. The Kier molecular flexibility index (Phi) is 4.41. The molecule has 0 fully saturated rings. The van der Waals surface area contributed by atoms with E-state index in [1.54, 1.807) is 7.11 Å². The third kappa shape index (κ3) is 3.16. The number of fused-ring (bicyclic) bond motifs is 2. The monoisotopic (exact) mass is 394 g/mol. The maximum absolute atomic E-state index is 13.2. The van der Waals surface area contributed by atoms with Crippen molar-refractivity contribution < 1.29 is 13.9 Å². The average molecular weight is 394 g/mol. The Hall–Kier alpha value is -4.12. The summed E-state index contributed by atoms with van der Waals surface area (Å²) in [5.41, 5.74) is 3.25. The fraction of sp³-hybridized carbons (Fsp3) is 0.0400. The van der Waals surface area contributed by atoms with Crippen molar-refractivity contribution in [1.82, 2.24) is 4.98 Å². The van der Waals surface area contributed by atoms with Crippen LogP contribution in [-0.2, 0) is 0 Å². The summed E-state index contributed by atoms with van der Waals surface area (Å²) in [6, 6.07) is 26.6. The standard InChI is InChI=1S/C25H18N2O3/c1-29-23-15-17-9-3-2-8-16(17)14-19(23)24(28)26-20-11-5-4-10-18(20)25-27-21-12-6-7-13-22(21)30-25/h2-15H,1H3,(H,26,28). The second kappa shape index (κ2) is 7.37. The molecule has 0 bridgehead atoms. The van der Waals surface area contributed by atoms with Gasteiger partial charge in [0.1, 0.15) is 11.3 Å². The number of amides is 1. The highest BCUT2D eigenvalue weighted by Gasteiger charge is 2.17. The summed E-state index contributed by atoms with van der Waals surface area (Å²) in [6.45, 7) is 0. The van der Waals surface area contributed by atoms with E-state index in [0.29, 0.717) is 34.0 Å². The van der Waals surface area contributed by atoms with Crippen LogP contribution >= 0.6 is 0 Å². The molecule has 0 aliphatic rings. The molecule has 0 spiro atoms. The average Bonchev–Trinajstić information content (AvgIpc) is 3.22. The normalized spacial score (nSPS) is 11.0. The minimum Gasteiger partial charge on any atom is -0.496 e. The van der Waals surface area contributed by atoms with E-state index in [9.17, 15) is 4.79 Å². The minimum absolute atomic E-state index is 0.263. The van der Waals surface area contributed by atoms with Crippen molar-refractivity contribution in [3.8, 4) is 17.2 Å². The van der Waals surface area contributed by atoms with E-state index >= 15 is 0 Å². The topological polar surface area (TPSA) is 64.4 Å². The van der Waals surface area contributed by atoms with Gasteiger partial charge < -0.3 is 14.5 Å². The molecule has 30 heavy (non-hydrogen) atoms. The Morgan fingerprint density at radius 1 is 0.900 bits per heavy atom. The number of carbonyl (C=O) groups is 1. The Morgan fingerprint density at radius 3 is 2.40 bits per heavy atom. The van der Waals surface area contributed by atoms with Crippen LogP contribution in [0.2, 0.25) is 0 Å². The highest BCUT2D eigenvalue weighted by Crippen LogP contribution is 2.32. The lowest BCUT2D eigenvalue weighted by molar-refractivity contribution is 0.102. The number of methoxy groups -OCH3 is 1. The van der Waals surface area contributed by atoms with Crippen molar-refractivity contribution in [2.24, 2.45) is 0 Å². The third-order valence-corrected chi connectivity index (χ3v) is 5.01. The number of nitrogens with zero attached hydrogens (tertiary/aromatic N) is 1. The molecule has 4 aromatic carbocycles. The van der Waals surface area contributed by atoms with Crippen LogP contribution in [0.15, 0.2) is 89.3 Å². The van der Waals surface area contributed by atoms with E-state index in [2.05, 4.69) is 10.3 Å². The Bertz CT molecular complexity index is 1350. The molecule has 0 atom stereocenters. The summed E-state index contributed by atoms with van der Waals surface area (Å²) in [7, 11) is 1.56. The molecular weight excluding hydrogens is 376 g/mol. The largest absolute Gasteiger partial charge is 0.496 e. The van der Waals surface area contributed by atoms with Gasteiger partial charge in [0.25, 0.3) is 5.91 Å². The Balaban J connectivity index is 1.54. The second-order valence-electron chi connectivity index (χ2n) is 6.89. The first kappa shape index (κ1) is 17.9. The van der Waals surface area contributed by atoms with E-state index in [-0.39, 0.29) is 5.91 Å². The Labute approximate surface area is 172 Å². The molecular formula is C25H18N2O3. The molecule has 1 heterocycles. The molecule has 0 unspecified atom stereocenters. The molecule has 5 nitrogen and oxygen atoms in total. The van der Waals surface area contributed by atoms with Crippen LogP contribution in [-0.4, -0.2) is 18.0 Å². The van der Waals surface area contributed by atoms with Gasteiger partial charge >= 0.3 is 0 Å². The first-order valence-corrected chi connectivity index (χ1v) is 9.56. The number of hydrogen-bond donors (Lipinski definition) is 1. The summed E-state index contributed by atoms with van der Waals surface area (Å²) >= 11 is 0. The highest BCUT2D eigenvalue weighted by molar-refractivity contribution is 6.10. The molecule has 0 aliphatic heterocycles. The highest BCUT2D eigenvalue weighted by atomic mass is 16.5. The van der Waals surface area contributed by atoms with E-state index in [1.807, 2.05) is 84.9 Å². The third-order valence-electron chi connectivity index (χ3n) is 5.01. The number of carbonyl (C=O) groups excluding carboxylic acids is 1. The van der Waals surface area contributed by atoms with Gasteiger partial charge in [0.2, 0.25) is 5.89 Å². The number of anilines is 1. The van der Waals surface area contributed by atoms with Crippen molar-refractivity contribution in [3.63, 3.8) is 0 Å². The maximum atomic E-state index is 13.2. The van der Waals surface area contributed by atoms with E-state index in [0.717, 1.165) is 16.3 Å². The zero-order valence-electron chi connectivity index (χ0n) is 16.3. The molecule has 5 aromatic rings. The van der Waals surface area contributed by atoms with Gasteiger partial charge in [0.15, 0.2) is 5.58 Å². The SMILES string of the molecule is COc1cc2ccccc2cc1C(=O)Nc1ccccc1-c1nc2ccccc2o1. The van der Waals surface area contributed by atoms with Crippen molar-refractivity contribution in [2.75, 3.05) is 12.4 Å². The molecule has 5 heteroatoms. The lowest BCUT2D eigenvalue weighted by Gasteiger charge is -2.12. The first-order chi connectivity index (χ1) is 14.7. The van der Waals surface area contributed by atoms with Gasteiger partial charge in [-0.25, -0.2) is 4.98 Å². The van der Waals surface area contributed by atoms with Crippen LogP contribution in [0.3, 0.4) is 0 Å². The molecule has 1 aromatic heterocycles. The molecule has 146 valence electrons. The number of oxazole rings is 1. The summed E-state index contributed by atoms with van der Waals surface area (Å²) in [5.74, 6) is 0.712. The van der Waals surface area contributed by atoms with Crippen molar-refractivity contribution in [2.45, 2.75) is 0 Å². The molecule has 0 radical (unpaired) electrons. The number of benzene rings is 4. The molecule has 0 aliphatic carbocycles. The quantitative estimate of drug-likeness (QED) is 0.412. The van der Waals surface area contributed by atoms with Gasteiger partial charge in [0, 0.05) is 0 Å². The van der Waals surface area contributed by atoms with Crippen molar-refractivity contribution in [1.29, 1.82) is 0 Å². The van der Waals surface area contributed by atoms with E-state index in [1.165, 1.54) is 0 Å². The van der Waals surface area contributed by atoms with Crippen molar-refractivity contribution in [3.05, 3.63) is 90.5 Å². The minimum atomic E-state index is -0.263. The van der Waals surface area contributed by atoms with Crippen LogP contribution in [0.4, 0.5) is 5.69 Å². The number of rotatable bonds is 4. The molecule has 1 amide bonds. The van der Waals surface area contributed by atoms with Crippen LogP contribution in [0, 0.1) is 0 Å². The number of aromatic nitrogens is 1. The number of para-hydroxylation sites is 3. The molecule has 0 saturated carbocycles. The fourth-order valence-electron chi connectivity index (χ4n) is 3.52. The lowest BCUT2D eigenvalue weighted by atomic mass is 10.0. The van der Waals surface area contributed by atoms with Gasteiger partial charge in [-0.1, -0.05) is 48.5 Å². The maximum Gasteiger partial charge on any atom is 0.259 e. The van der Waals surface area contributed by atoms with Crippen LogP contribution in [0.5, 0.6) is 5.75 Å². The van der Waals surface area contributed by atoms with E-state index in [4.69, 9.17) is 9.15 Å².